The van der Waals surface area contributed by atoms with Crippen molar-refractivity contribution in [2.45, 2.75) is 6.92 Å². The summed E-state index contributed by atoms with van der Waals surface area (Å²) in [6.07, 6.45) is 8.53. The van der Waals surface area contributed by atoms with Gasteiger partial charge < -0.3 is 0 Å². The normalized spacial score (nSPS) is 11.0. The average molecular weight is 92.1 g/mol. The Morgan fingerprint density at radius 2 is 1.86 bits per heavy atom. The third-order valence-corrected chi connectivity index (χ3v) is 0.511. The van der Waals surface area contributed by atoms with Crippen molar-refractivity contribution in [2.75, 3.05) is 0 Å². The van der Waals surface area contributed by atoms with Crippen molar-refractivity contribution >= 4 is 0 Å². The van der Waals surface area contributed by atoms with Gasteiger partial charge in [-0.15, -0.1) is 0 Å². The van der Waals surface area contributed by atoms with Gasteiger partial charge in [0.15, 0.2) is 0 Å². The molecule has 0 aliphatic rings. The molecule has 0 atom stereocenters. The molecule has 0 fully saturated rings. The predicted molar refractivity (Wildman–Crippen MR) is 31.8 cm³/mol. The monoisotopic (exact) mass is 92.1 g/mol. The topological polar surface area (TPSA) is 0 Å². The summed E-state index contributed by atoms with van der Waals surface area (Å²) in [5.74, 6) is 0. The summed E-state index contributed by atoms with van der Waals surface area (Å²) in [5, 5.41) is 0. The fraction of sp³-hybridized carbons (Fsp3) is 0.143. The molecule has 0 saturated carbocycles. The van der Waals surface area contributed by atoms with Crippen LogP contribution in [0, 0.1) is 6.58 Å². The number of allylic oxidation sites excluding steroid dienone is 5. The molecule has 36 valence electrons. The Labute approximate surface area is 44.9 Å². The van der Waals surface area contributed by atoms with Crippen molar-refractivity contribution in [1.82, 2.24) is 0 Å². The van der Waals surface area contributed by atoms with E-state index in [1.807, 2.05) is 25.2 Å². The molecule has 7 heavy (non-hydrogen) atoms. The molecule has 0 aliphatic carbocycles. The Kier molecular flexibility index (Phi) is 4.64. The van der Waals surface area contributed by atoms with Crippen molar-refractivity contribution in [1.29, 1.82) is 0 Å². The van der Waals surface area contributed by atoms with Crippen LogP contribution in [0.5, 0.6) is 0 Å². The molecule has 0 saturated heterocycles. The molecule has 0 heteroatoms. The summed E-state index contributed by atoms with van der Waals surface area (Å²) < 4.78 is 0. The number of hydrogen-bond donors (Lipinski definition) is 0. The van der Waals surface area contributed by atoms with Gasteiger partial charge in [0.2, 0.25) is 0 Å². The van der Waals surface area contributed by atoms with Crippen molar-refractivity contribution < 1.29 is 0 Å². The lowest BCUT2D eigenvalue weighted by Gasteiger charge is -1.64. The van der Waals surface area contributed by atoms with Gasteiger partial charge in [0.1, 0.15) is 0 Å². The fourth-order valence-corrected chi connectivity index (χ4v) is 0.231. The van der Waals surface area contributed by atoms with Crippen LogP contribution in [0.25, 0.3) is 0 Å². The predicted octanol–water partition coefficient (Wildman–Crippen LogP) is 1.98. The molecule has 0 heterocycles. The fourth-order valence-electron chi connectivity index (χ4n) is 0.231. The van der Waals surface area contributed by atoms with Crippen LogP contribution in [-0.4, -0.2) is 0 Å². The Bertz CT molecular complexity index is 86.2. The highest BCUT2D eigenvalue weighted by Gasteiger charge is 1.52. The van der Waals surface area contributed by atoms with Gasteiger partial charge in [0, 0.05) is 0 Å². The van der Waals surface area contributed by atoms with Gasteiger partial charge in [-0.25, -0.2) is 0 Å². The molecule has 0 amide bonds. The zero-order chi connectivity index (χ0) is 5.54. The minimum absolute atomic E-state index is 1.25. The van der Waals surface area contributed by atoms with Crippen LogP contribution in [0.3, 0.4) is 0 Å². The molecule has 0 nitrogen and oxygen atoms in total. The van der Waals surface area contributed by atoms with Gasteiger partial charge >= 0.3 is 0 Å². The van der Waals surface area contributed by atoms with Gasteiger partial charge in [0.05, 0.1) is 0 Å². The maximum absolute atomic E-state index is 6.54. The first kappa shape index (κ1) is 6.22. The van der Waals surface area contributed by atoms with Crippen molar-refractivity contribution in [3.8, 4) is 0 Å². The summed E-state index contributed by atoms with van der Waals surface area (Å²) in [7, 11) is 0. The van der Waals surface area contributed by atoms with Gasteiger partial charge in [-0.3, -0.25) is 0 Å². The van der Waals surface area contributed by atoms with E-state index in [4.69, 9.17) is 6.58 Å². The molecule has 0 unspecified atom stereocenters. The van der Waals surface area contributed by atoms with Crippen LogP contribution in [0.4, 0.5) is 0 Å². The highest BCUT2D eigenvalue weighted by molar-refractivity contribution is 5.07. The largest absolute Gasteiger partial charge is 0.0877 e. The van der Waals surface area contributed by atoms with E-state index in [-0.39, 0.29) is 0 Å². The Morgan fingerprint density at radius 3 is 2.29 bits per heavy atom. The summed E-state index contributed by atoms with van der Waals surface area (Å²) >= 11 is 0. The van der Waals surface area contributed by atoms with Crippen LogP contribution < -0.4 is 0 Å². The molecular weight excluding hydrogens is 84.1 g/mol. The Balaban J connectivity index is 3.27. The van der Waals surface area contributed by atoms with Crippen molar-refractivity contribution in [3.63, 3.8) is 0 Å². The molecule has 0 N–H and O–H groups in total. The van der Waals surface area contributed by atoms with E-state index in [9.17, 15) is 0 Å². The van der Waals surface area contributed by atoms with E-state index in [0.717, 1.165) is 0 Å². The number of rotatable bonds is 2. The first-order chi connectivity index (χ1) is 3.41. The van der Waals surface area contributed by atoms with Crippen LogP contribution in [0.15, 0.2) is 30.4 Å². The maximum atomic E-state index is 6.54. The van der Waals surface area contributed by atoms with Crippen molar-refractivity contribution in [2.24, 2.45) is 0 Å². The second-order valence-electron chi connectivity index (χ2n) is 1.08. The van der Waals surface area contributed by atoms with Gasteiger partial charge in [0.25, 0.3) is 0 Å². The summed E-state index contributed by atoms with van der Waals surface area (Å²) in [6, 6.07) is 0. The van der Waals surface area contributed by atoms with E-state index in [1.54, 1.807) is 6.08 Å². The van der Waals surface area contributed by atoms with Crippen LogP contribution in [0.2, 0.25) is 0 Å². The zero-order valence-electron chi connectivity index (χ0n) is 4.39. The first-order valence-corrected chi connectivity index (χ1v) is 2.20. The zero-order valence-corrected chi connectivity index (χ0v) is 4.39. The minimum atomic E-state index is 1.25. The summed E-state index contributed by atoms with van der Waals surface area (Å²) in [4.78, 5) is 0. The molecule has 0 aromatic carbocycles. The quantitative estimate of drug-likeness (QED) is 0.457. The molecule has 2 radical (unpaired) electrons. The average Bonchev–Trinajstić information content (AvgIpc) is 1.69. The Hall–Kier alpha value is -0.780. The van der Waals surface area contributed by atoms with E-state index >= 15 is 0 Å². The molecule has 0 aliphatic heterocycles. The highest BCUT2D eigenvalue weighted by Crippen LogP contribution is 1.74. The van der Waals surface area contributed by atoms with Gasteiger partial charge in [-0.2, -0.15) is 0 Å². The second kappa shape index (κ2) is 5.22. The second-order valence-corrected chi connectivity index (χ2v) is 1.08. The standard InChI is InChI=1S/C7H8/c1-3-5-7-6-4-2/h3-7H,1H3/b5-3+,7-6+. The summed E-state index contributed by atoms with van der Waals surface area (Å²) in [5.41, 5.74) is 0. The lowest BCUT2D eigenvalue weighted by molar-refractivity contribution is 1.73. The minimum Gasteiger partial charge on any atom is -0.0877 e. The SMILES string of the molecule is [C]=C/C=C/C=C/C. The van der Waals surface area contributed by atoms with E-state index < -0.39 is 0 Å². The number of hydrogen-bond acceptors (Lipinski definition) is 0. The first-order valence-electron chi connectivity index (χ1n) is 2.20. The summed E-state index contributed by atoms with van der Waals surface area (Å²) in [6.45, 7) is 8.47. The lowest BCUT2D eigenvalue weighted by Crippen LogP contribution is -1.43. The molecule has 0 bridgehead atoms. The molecule has 0 rings (SSSR count). The Morgan fingerprint density at radius 1 is 1.14 bits per heavy atom. The molecule has 0 aromatic rings. The third-order valence-electron chi connectivity index (χ3n) is 0.511. The van der Waals surface area contributed by atoms with Crippen LogP contribution in [-0.2, 0) is 0 Å². The molecular formula is C7H8. The molecule has 0 aromatic heterocycles. The maximum Gasteiger partial charge on any atom is -0.00990 e. The van der Waals surface area contributed by atoms with E-state index in [0.29, 0.717) is 0 Å². The van der Waals surface area contributed by atoms with Crippen molar-refractivity contribution in [3.05, 3.63) is 37.0 Å². The molecule has 0 spiro atoms. The smallest absolute Gasteiger partial charge is 0.00990 e. The van der Waals surface area contributed by atoms with Gasteiger partial charge in [-0.05, 0) is 13.5 Å². The van der Waals surface area contributed by atoms with Gasteiger partial charge in [-0.1, -0.05) is 30.4 Å². The lowest BCUT2D eigenvalue weighted by atomic mass is 10.4. The van der Waals surface area contributed by atoms with E-state index in [1.165, 1.54) is 6.08 Å². The van der Waals surface area contributed by atoms with E-state index in [2.05, 4.69) is 0 Å². The highest BCUT2D eigenvalue weighted by atomic mass is 13.6. The third kappa shape index (κ3) is 5.22. The van der Waals surface area contributed by atoms with Crippen LogP contribution >= 0.6 is 0 Å². The van der Waals surface area contributed by atoms with Crippen LogP contribution in [0.1, 0.15) is 6.92 Å².